The lowest BCUT2D eigenvalue weighted by molar-refractivity contribution is -0.132. The Kier molecular flexibility index (Phi) is 6.89. The van der Waals surface area contributed by atoms with Gasteiger partial charge in [-0.1, -0.05) is 35.9 Å². The lowest BCUT2D eigenvalue weighted by Crippen LogP contribution is -2.30. The SMILES string of the molecule is CCN(CC)c1ccc(C2/C(=C(\O)c3cccc(Cl)c3)C(=O)C(=O)N2c2cc(F)ccc2F)cc1. The van der Waals surface area contributed by atoms with Crippen LogP contribution in [0.4, 0.5) is 20.2 Å². The van der Waals surface area contributed by atoms with Crippen LogP contribution in [0.15, 0.2) is 72.3 Å². The van der Waals surface area contributed by atoms with E-state index in [0.717, 1.165) is 41.9 Å². The fourth-order valence-electron chi connectivity index (χ4n) is 4.31. The minimum absolute atomic E-state index is 0.222. The summed E-state index contributed by atoms with van der Waals surface area (Å²) >= 11 is 6.06. The van der Waals surface area contributed by atoms with Crippen LogP contribution in [-0.2, 0) is 9.59 Å². The molecule has 180 valence electrons. The summed E-state index contributed by atoms with van der Waals surface area (Å²) in [6.45, 7) is 5.59. The van der Waals surface area contributed by atoms with E-state index in [1.165, 1.54) is 12.1 Å². The molecule has 1 atom stereocenters. The van der Waals surface area contributed by atoms with Crippen LogP contribution in [0.5, 0.6) is 0 Å². The van der Waals surface area contributed by atoms with Crippen LogP contribution in [0.1, 0.15) is 31.0 Å². The molecule has 3 aromatic carbocycles. The second-order valence-corrected chi connectivity index (χ2v) is 8.48. The van der Waals surface area contributed by atoms with Crippen molar-refractivity contribution in [1.82, 2.24) is 0 Å². The molecule has 1 aliphatic heterocycles. The standard InChI is InChI=1S/C27H23ClF2N2O3/c1-3-31(4-2)20-11-8-16(9-12-20)24-23(25(33)17-6-5-7-18(28)14-17)26(34)27(35)32(24)22-15-19(29)10-13-21(22)30/h5-15,24,33H,3-4H2,1-2H3/b25-23+. The van der Waals surface area contributed by atoms with Crippen molar-refractivity contribution in [2.24, 2.45) is 0 Å². The van der Waals surface area contributed by atoms with Crippen molar-refractivity contribution in [2.45, 2.75) is 19.9 Å². The number of anilines is 2. The van der Waals surface area contributed by atoms with Gasteiger partial charge < -0.3 is 10.0 Å². The Morgan fingerprint density at radius 1 is 1.00 bits per heavy atom. The first-order valence-corrected chi connectivity index (χ1v) is 11.5. The molecule has 1 heterocycles. The van der Waals surface area contributed by atoms with Crippen LogP contribution in [0.25, 0.3) is 5.76 Å². The van der Waals surface area contributed by atoms with E-state index in [4.69, 9.17) is 11.6 Å². The molecule has 1 saturated heterocycles. The van der Waals surface area contributed by atoms with Crippen LogP contribution in [0, 0.1) is 11.6 Å². The molecule has 5 nitrogen and oxygen atoms in total. The maximum absolute atomic E-state index is 14.8. The van der Waals surface area contributed by atoms with Gasteiger partial charge in [-0.2, -0.15) is 0 Å². The van der Waals surface area contributed by atoms with E-state index in [1.807, 2.05) is 26.0 Å². The van der Waals surface area contributed by atoms with Gasteiger partial charge in [-0.15, -0.1) is 0 Å². The van der Waals surface area contributed by atoms with Crippen LogP contribution in [-0.4, -0.2) is 29.9 Å². The van der Waals surface area contributed by atoms with Gasteiger partial charge in [0, 0.05) is 35.4 Å². The largest absolute Gasteiger partial charge is 0.507 e. The summed E-state index contributed by atoms with van der Waals surface area (Å²) in [7, 11) is 0. The summed E-state index contributed by atoms with van der Waals surface area (Å²) in [5.41, 5.74) is 0.960. The lowest BCUT2D eigenvalue weighted by Gasteiger charge is -2.27. The number of nitrogens with zero attached hydrogens (tertiary/aromatic N) is 2. The van der Waals surface area contributed by atoms with Gasteiger partial charge in [0.2, 0.25) is 0 Å². The van der Waals surface area contributed by atoms with Crippen molar-refractivity contribution in [3.05, 3.63) is 100 Å². The van der Waals surface area contributed by atoms with E-state index in [0.29, 0.717) is 10.6 Å². The van der Waals surface area contributed by atoms with E-state index < -0.39 is 40.8 Å². The number of amides is 1. The predicted molar refractivity (Wildman–Crippen MR) is 133 cm³/mol. The van der Waals surface area contributed by atoms with Crippen molar-refractivity contribution in [3.8, 4) is 0 Å². The molecule has 0 radical (unpaired) electrons. The molecule has 0 saturated carbocycles. The highest BCUT2D eigenvalue weighted by Gasteiger charge is 2.47. The summed E-state index contributed by atoms with van der Waals surface area (Å²) in [6.07, 6.45) is 0. The maximum Gasteiger partial charge on any atom is 0.300 e. The number of aliphatic hydroxyl groups excluding tert-OH is 1. The van der Waals surface area contributed by atoms with Gasteiger partial charge in [-0.3, -0.25) is 14.5 Å². The normalized spacial score (nSPS) is 17.2. The monoisotopic (exact) mass is 496 g/mol. The zero-order valence-electron chi connectivity index (χ0n) is 19.1. The van der Waals surface area contributed by atoms with E-state index in [1.54, 1.807) is 24.3 Å². The molecule has 0 spiro atoms. The van der Waals surface area contributed by atoms with Crippen molar-refractivity contribution in [3.63, 3.8) is 0 Å². The average molecular weight is 497 g/mol. The molecule has 1 unspecified atom stereocenters. The number of Topliss-reactive ketones (excluding diaryl/α,β-unsaturated/α-hetero) is 1. The third-order valence-corrected chi connectivity index (χ3v) is 6.28. The van der Waals surface area contributed by atoms with E-state index in [2.05, 4.69) is 4.90 Å². The molecule has 4 rings (SSSR count). The number of hydrogen-bond donors (Lipinski definition) is 1. The third kappa shape index (κ3) is 4.51. The molecule has 0 aliphatic carbocycles. The van der Waals surface area contributed by atoms with Crippen LogP contribution in [0.2, 0.25) is 5.02 Å². The molecule has 1 fully saturated rings. The molecule has 1 N–H and O–H groups in total. The minimum Gasteiger partial charge on any atom is -0.507 e. The fraction of sp³-hybridized carbons (Fsp3) is 0.185. The minimum atomic E-state index is -1.18. The smallest absolute Gasteiger partial charge is 0.300 e. The summed E-state index contributed by atoms with van der Waals surface area (Å²) in [5.74, 6) is -4.18. The molecular weight excluding hydrogens is 474 g/mol. The molecule has 8 heteroatoms. The van der Waals surface area contributed by atoms with Crippen LogP contribution in [0.3, 0.4) is 0 Å². The van der Waals surface area contributed by atoms with Gasteiger partial charge in [0.05, 0.1) is 17.3 Å². The number of aliphatic hydroxyl groups is 1. The molecular formula is C27H23ClF2N2O3. The Morgan fingerprint density at radius 3 is 2.31 bits per heavy atom. The second-order valence-electron chi connectivity index (χ2n) is 8.04. The fourth-order valence-corrected chi connectivity index (χ4v) is 4.50. The molecule has 0 aromatic heterocycles. The van der Waals surface area contributed by atoms with Crippen molar-refractivity contribution in [1.29, 1.82) is 0 Å². The van der Waals surface area contributed by atoms with Crippen LogP contribution >= 0.6 is 11.6 Å². The molecule has 1 amide bonds. The Labute approximate surface area is 206 Å². The Morgan fingerprint density at radius 2 is 1.69 bits per heavy atom. The van der Waals surface area contributed by atoms with Gasteiger partial charge in [0.15, 0.2) is 0 Å². The molecule has 35 heavy (non-hydrogen) atoms. The first kappa shape index (κ1) is 24.4. The second kappa shape index (κ2) is 9.88. The number of ketones is 1. The van der Waals surface area contributed by atoms with Crippen molar-refractivity contribution < 1.29 is 23.5 Å². The maximum atomic E-state index is 14.8. The lowest BCUT2D eigenvalue weighted by atomic mass is 9.95. The van der Waals surface area contributed by atoms with Crippen molar-refractivity contribution >= 4 is 40.4 Å². The van der Waals surface area contributed by atoms with E-state index in [-0.39, 0.29) is 11.1 Å². The van der Waals surface area contributed by atoms with Gasteiger partial charge in [0.1, 0.15) is 17.4 Å². The average Bonchev–Trinajstić information content (AvgIpc) is 3.11. The Balaban J connectivity index is 1.94. The summed E-state index contributed by atoms with van der Waals surface area (Å²) in [6, 6.07) is 14.7. The number of hydrogen-bond acceptors (Lipinski definition) is 4. The zero-order chi connectivity index (χ0) is 25.3. The number of rotatable bonds is 6. The highest BCUT2D eigenvalue weighted by Crippen LogP contribution is 2.43. The topological polar surface area (TPSA) is 60.9 Å². The molecule has 3 aromatic rings. The Bertz CT molecular complexity index is 1320. The summed E-state index contributed by atoms with van der Waals surface area (Å²) < 4.78 is 28.9. The van der Waals surface area contributed by atoms with Gasteiger partial charge in [0.25, 0.3) is 11.7 Å². The van der Waals surface area contributed by atoms with Crippen molar-refractivity contribution in [2.75, 3.05) is 22.9 Å². The third-order valence-electron chi connectivity index (χ3n) is 6.05. The number of halogens is 3. The van der Waals surface area contributed by atoms with Gasteiger partial charge in [-0.05, 0) is 55.8 Å². The first-order valence-electron chi connectivity index (χ1n) is 11.1. The van der Waals surface area contributed by atoms with E-state index in [9.17, 15) is 23.5 Å². The number of carbonyl (C=O) groups excluding carboxylic acids is 2. The quantitative estimate of drug-likeness (QED) is 0.255. The Hall–Kier alpha value is -3.71. The summed E-state index contributed by atoms with van der Waals surface area (Å²) in [5, 5.41) is 11.4. The number of carbonyl (C=O) groups is 2. The zero-order valence-corrected chi connectivity index (χ0v) is 19.9. The number of benzene rings is 3. The van der Waals surface area contributed by atoms with E-state index >= 15 is 0 Å². The van der Waals surface area contributed by atoms with Gasteiger partial charge in [-0.25, -0.2) is 8.78 Å². The predicted octanol–water partition coefficient (Wildman–Crippen LogP) is 6.09. The molecule has 0 bridgehead atoms. The highest BCUT2D eigenvalue weighted by molar-refractivity contribution is 6.51. The van der Waals surface area contributed by atoms with Gasteiger partial charge >= 0.3 is 0 Å². The summed E-state index contributed by atoms with van der Waals surface area (Å²) in [4.78, 5) is 29.3. The highest BCUT2D eigenvalue weighted by atomic mass is 35.5. The first-order chi connectivity index (χ1) is 16.8. The molecule has 1 aliphatic rings. The van der Waals surface area contributed by atoms with Crippen LogP contribution < -0.4 is 9.80 Å².